The minimum Gasteiger partial charge on any atom is -0.368 e. The number of hydrogen-bond donors (Lipinski definition) is 2. The molecule has 0 spiro atoms. The molecule has 1 aliphatic heterocycles. The van der Waals surface area contributed by atoms with Gasteiger partial charge in [-0.1, -0.05) is 41.9 Å². The number of piperazine rings is 1. The number of sulfonamides is 1. The Balaban J connectivity index is 1.47. The fourth-order valence-electron chi connectivity index (χ4n) is 4.89. The third-order valence-corrected chi connectivity index (χ3v) is 8.94. The van der Waals surface area contributed by atoms with E-state index in [2.05, 4.69) is 4.98 Å². The van der Waals surface area contributed by atoms with Gasteiger partial charge in [0, 0.05) is 35.4 Å². The quantitative estimate of drug-likeness (QED) is 0.358. The first-order valence-electron chi connectivity index (χ1n) is 12.2. The molecule has 2 unspecified atom stereocenters. The number of benzene rings is 3. The van der Waals surface area contributed by atoms with E-state index >= 15 is 0 Å². The molecule has 3 aromatic carbocycles. The number of fused-ring (bicyclic) bond motifs is 1. The van der Waals surface area contributed by atoms with Crippen LogP contribution in [0.25, 0.3) is 22.0 Å². The molecule has 4 N–H and O–H groups in total. The predicted octanol–water partition coefficient (Wildman–Crippen LogP) is 2.41. The molecule has 0 saturated carbocycles. The lowest BCUT2D eigenvalue weighted by molar-refractivity contribution is -0.134. The van der Waals surface area contributed by atoms with E-state index in [0.29, 0.717) is 16.1 Å². The lowest BCUT2D eigenvalue weighted by Crippen LogP contribution is -2.69. The van der Waals surface area contributed by atoms with Crippen molar-refractivity contribution in [1.82, 2.24) is 14.2 Å². The van der Waals surface area contributed by atoms with Crippen LogP contribution in [0.4, 0.5) is 0 Å². The maximum atomic E-state index is 13.7. The Bertz CT molecular complexity index is 1730. The van der Waals surface area contributed by atoms with Crippen LogP contribution in [0.5, 0.6) is 0 Å². The highest BCUT2D eigenvalue weighted by Gasteiger charge is 2.49. The van der Waals surface area contributed by atoms with Gasteiger partial charge in [0.2, 0.25) is 21.8 Å². The molecule has 10 nitrogen and oxygen atoms in total. The van der Waals surface area contributed by atoms with Crippen molar-refractivity contribution in [3.63, 3.8) is 0 Å². The van der Waals surface area contributed by atoms with Crippen LogP contribution < -0.4 is 11.5 Å². The molecule has 2 atom stereocenters. The second-order valence-electron chi connectivity index (χ2n) is 9.25. The van der Waals surface area contributed by atoms with Crippen molar-refractivity contribution in [1.29, 1.82) is 0 Å². The molecule has 2 heterocycles. The number of pyridine rings is 1. The summed E-state index contributed by atoms with van der Waals surface area (Å²) in [6, 6.07) is 18.0. The summed E-state index contributed by atoms with van der Waals surface area (Å²) in [7, 11) is -4.33. The SMILES string of the molecule is NC(=O)C1C(C(N)=O)N(S(=O)(=O)c2ccc3cc(Cl)ccc3c2)CCN1C(=O)c1ccc(-c2ccccn2)cc1. The van der Waals surface area contributed by atoms with E-state index in [1.54, 1.807) is 60.8 Å². The summed E-state index contributed by atoms with van der Waals surface area (Å²) in [4.78, 5) is 44.1. The number of amides is 3. The van der Waals surface area contributed by atoms with Crippen molar-refractivity contribution in [2.75, 3.05) is 13.1 Å². The first kappa shape index (κ1) is 27.3. The van der Waals surface area contributed by atoms with Crippen LogP contribution in [0.2, 0.25) is 5.02 Å². The molecular weight excluding hydrogens is 554 g/mol. The van der Waals surface area contributed by atoms with Crippen LogP contribution >= 0.6 is 11.6 Å². The Morgan fingerprint density at radius 3 is 2.15 bits per heavy atom. The first-order chi connectivity index (χ1) is 19.1. The Kier molecular flexibility index (Phi) is 7.28. The van der Waals surface area contributed by atoms with Gasteiger partial charge in [-0.3, -0.25) is 19.4 Å². The zero-order chi connectivity index (χ0) is 28.6. The first-order valence-corrected chi connectivity index (χ1v) is 14.0. The maximum Gasteiger partial charge on any atom is 0.254 e. The van der Waals surface area contributed by atoms with Gasteiger partial charge >= 0.3 is 0 Å². The topological polar surface area (TPSA) is 157 Å². The molecule has 0 aliphatic carbocycles. The average Bonchev–Trinajstić information content (AvgIpc) is 2.96. The van der Waals surface area contributed by atoms with Crippen LogP contribution in [-0.2, 0) is 19.6 Å². The van der Waals surface area contributed by atoms with E-state index in [9.17, 15) is 22.8 Å². The molecule has 1 aromatic heterocycles. The largest absolute Gasteiger partial charge is 0.368 e. The Labute approximate surface area is 235 Å². The second-order valence-corrected chi connectivity index (χ2v) is 11.6. The van der Waals surface area contributed by atoms with Crippen LogP contribution in [0, 0.1) is 0 Å². The minimum atomic E-state index is -4.33. The lowest BCUT2D eigenvalue weighted by Gasteiger charge is -2.43. The van der Waals surface area contributed by atoms with E-state index in [0.717, 1.165) is 20.2 Å². The zero-order valence-electron chi connectivity index (χ0n) is 21.0. The monoisotopic (exact) mass is 577 g/mol. The predicted molar refractivity (Wildman–Crippen MR) is 150 cm³/mol. The number of rotatable bonds is 6. The van der Waals surface area contributed by atoms with Gasteiger partial charge < -0.3 is 16.4 Å². The fourth-order valence-corrected chi connectivity index (χ4v) is 6.70. The number of carbonyl (C=O) groups is 3. The van der Waals surface area contributed by atoms with Gasteiger partial charge in [-0.2, -0.15) is 4.31 Å². The second kappa shape index (κ2) is 10.7. The van der Waals surface area contributed by atoms with Crippen molar-refractivity contribution in [2.45, 2.75) is 17.0 Å². The molecular formula is C28H24ClN5O5S. The van der Waals surface area contributed by atoms with E-state index in [4.69, 9.17) is 23.1 Å². The summed E-state index contributed by atoms with van der Waals surface area (Å²) in [6.45, 7) is -0.475. The molecule has 12 heteroatoms. The molecule has 4 aromatic rings. The number of nitrogens with two attached hydrogens (primary N) is 2. The van der Waals surface area contributed by atoms with Gasteiger partial charge in [-0.05, 0) is 59.3 Å². The number of aromatic nitrogens is 1. The normalized spacial score (nSPS) is 18.0. The maximum absolute atomic E-state index is 13.7. The number of hydrogen-bond acceptors (Lipinski definition) is 6. The average molecular weight is 578 g/mol. The smallest absolute Gasteiger partial charge is 0.254 e. The number of nitrogens with zero attached hydrogens (tertiary/aromatic N) is 3. The van der Waals surface area contributed by atoms with Crippen molar-refractivity contribution in [2.24, 2.45) is 11.5 Å². The highest BCUT2D eigenvalue weighted by atomic mass is 35.5. The van der Waals surface area contributed by atoms with Crippen LogP contribution in [0.15, 0.2) is 90.0 Å². The fraction of sp³-hybridized carbons (Fsp3) is 0.143. The van der Waals surface area contributed by atoms with Crippen LogP contribution in [0.1, 0.15) is 10.4 Å². The Hall–Kier alpha value is -4.32. The van der Waals surface area contributed by atoms with Crippen LogP contribution in [-0.4, -0.2) is 65.5 Å². The highest BCUT2D eigenvalue weighted by Crippen LogP contribution is 2.29. The number of halogens is 1. The van der Waals surface area contributed by atoms with Gasteiger partial charge in [0.15, 0.2) is 0 Å². The van der Waals surface area contributed by atoms with Crippen molar-refractivity contribution >= 4 is 50.1 Å². The molecule has 0 bridgehead atoms. The molecule has 1 saturated heterocycles. The summed E-state index contributed by atoms with van der Waals surface area (Å²) in [5.74, 6) is -2.76. The number of primary amides is 2. The summed E-state index contributed by atoms with van der Waals surface area (Å²) in [5, 5.41) is 1.82. The van der Waals surface area contributed by atoms with Crippen molar-refractivity contribution < 1.29 is 22.8 Å². The van der Waals surface area contributed by atoms with Gasteiger partial charge in [0.1, 0.15) is 12.1 Å². The van der Waals surface area contributed by atoms with Gasteiger partial charge in [0.05, 0.1) is 10.6 Å². The molecule has 3 amide bonds. The van der Waals surface area contributed by atoms with E-state index in [1.807, 2.05) is 12.1 Å². The van der Waals surface area contributed by atoms with E-state index < -0.39 is 39.8 Å². The van der Waals surface area contributed by atoms with Gasteiger partial charge in [-0.25, -0.2) is 8.42 Å². The van der Waals surface area contributed by atoms with E-state index in [-0.39, 0.29) is 23.5 Å². The molecule has 5 rings (SSSR count). The van der Waals surface area contributed by atoms with E-state index in [1.165, 1.54) is 12.1 Å². The molecule has 204 valence electrons. The van der Waals surface area contributed by atoms with Gasteiger partial charge in [0.25, 0.3) is 5.91 Å². The van der Waals surface area contributed by atoms with Crippen molar-refractivity contribution in [3.05, 3.63) is 95.6 Å². The molecule has 0 radical (unpaired) electrons. The Morgan fingerprint density at radius 2 is 1.50 bits per heavy atom. The third-order valence-electron chi connectivity index (χ3n) is 6.82. The third kappa shape index (κ3) is 5.02. The number of carbonyl (C=O) groups excluding carboxylic acids is 3. The lowest BCUT2D eigenvalue weighted by atomic mass is 10.00. The van der Waals surface area contributed by atoms with Crippen molar-refractivity contribution in [3.8, 4) is 11.3 Å². The summed E-state index contributed by atoms with van der Waals surface area (Å²) in [6.07, 6.45) is 1.65. The Morgan fingerprint density at radius 1 is 0.825 bits per heavy atom. The summed E-state index contributed by atoms with van der Waals surface area (Å²) >= 11 is 6.03. The summed E-state index contributed by atoms with van der Waals surface area (Å²) < 4.78 is 28.3. The summed E-state index contributed by atoms with van der Waals surface area (Å²) in [5.41, 5.74) is 13.0. The highest BCUT2D eigenvalue weighted by molar-refractivity contribution is 7.89. The zero-order valence-corrected chi connectivity index (χ0v) is 22.5. The molecule has 1 fully saturated rings. The standard InChI is InChI=1S/C28H24ClN5O5S/c29-21-10-8-20-16-22(11-9-19(20)15-21)40(38,39)34-14-13-33(24(26(30)35)25(34)27(31)36)28(37)18-6-4-17(5-7-18)23-3-1-2-12-32-23/h1-12,15-16,24-25H,13-14H2,(H2,30,35)(H2,31,36). The van der Waals surface area contributed by atoms with Crippen LogP contribution in [0.3, 0.4) is 0 Å². The minimum absolute atomic E-state index is 0.110. The molecule has 1 aliphatic rings. The van der Waals surface area contributed by atoms with Gasteiger partial charge in [-0.15, -0.1) is 0 Å². The molecule has 40 heavy (non-hydrogen) atoms.